The lowest BCUT2D eigenvalue weighted by Crippen LogP contribution is -2.66. The van der Waals surface area contributed by atoms with Gasteiger partial charge in [-0.2, -0.15) is 0 Å². The average molecular weight is 456 g/mol. The van der Waals surface area contributed by atoms with E-state index in [1.54, 1.807) is 13.8 Å². The molecule has 3 rings (SSSR count). The minimum atomic E-state index is -1.59. The maximum absolute atomic E-state index is 12.9. The van der Waals surface area contributed by atoms with E-state index >= 15 is 0 Å². The van der Waals surface area contributed by atoms with Crippen molar-refractivity contribution in [1.29, 1.82) is 0 Å². The van der Waals surface area contributed by atoms with Crippen LogP contribution in [0.15, 0.2) is 35.2 Å². The molecular formula is C21H29NO8S. The number of benzene rings is 1. The Morgan fingerprint density at radius 3 is 2.45 bits per heavy atom. The van der Waals surface area contributed by atoms with Gasteiger partial charge in [-0.05, 0) is 26.0 Å². The Morgan fingerprint density at radius 2 is 1.87 bits per heavy atom. The number of carbonyl (C=O) groups is 2. The zero-order chi connectivity index (χ0) is 22.8. The third kappa shape index (κ3) is 5.21. The second-order valence-corrected chi connectivity index (χ2v) is 9.40. The highest BCUT2D eigenvalue weighted by molar-refractivity contribution is 8.01. The van der Waals surface area contributed by atoms with E-state index in [0.717, 1.165) is 16.7 Å². The molecule has 0 saturated carbocycles. The predicted octanol–water partition coefficient (Wildman–Crippen LogP) is 0.815. The van der Waals surface area contributed by atoms with Crippen LogP contribution in [-0.4, -0.2) is 77.0 Å². The Balaban J connectivity index is 2.01. The van der Waals surface area contributed by atoms with Crippen molar-refractivity contribution in [3.05, 3.63) is 30.3 Å². The van der Waals surface area contributed by atoms with Crippen LogP contribution in [0, 0.1) is 0 Å². The predicted molar refractivity (Wildman–Crippen MR) is 111 cm³/mol. The van der Waals surface area contributed by atoms with Gasteiger partial charge in [0.25, 0.3) is 0 Å². The van der Waals surface area contributed by atoms with Gasteiger partial charge in [-0.15, -0.1) is 0 Å². The van der Waals surface area contributed by atoms with Crippen molar-refractivity contribution in [2.45, 2.75) is 73.3 Å². The Kier molecular flexibility index (Phi) is 7.29. The van der Waals surface area contributed by atoms with Gasteiger partial charge in [0.2, 0.25) is 10.8 Å². The van der Waals surface area contributed by atoms with E-state index in [-0.39, 0.29) is 18.9 Å². The van der Waals surface area contributed by atoms with E-state index < -0.39 is 47.1 Å². The highest BCUT2D eigenvalue weighted by Crippen LogP contribution is 2.46. The lowest BCUT2D eigenvalue weighted by Gasteiger charge is -2.47. The summed E-state index contributed by atoms with van der Waals surface area (Å²) in [6, 6.07) is 8.23. The third-order valence-electron chi connectivity index (χ3n) is 5.19. The first-order valence-corrected chi connectivity index (χ1v) is 10.8. The first-order chi connectivity index (χ1) is 14.6. The number of carbonyl (C=O) groups excluding carboxylic acids is 2. The number of ether oxygens (including phenoxy) is 4. The summed E-state index contributed by atoms with van der Waals surface area (Å²) in [6.07, 6.45) is -3.90. The lowest BCUT2D eigenvalue weighted by molar-refractivity contribution is -0.208. The van der Waals surface area contributed by atoms with Crippen LogP contribution in [-0.2, 0) is 28.5 Å². The van der Waals surface area contributed by atoms with E-state index in [0.29, 0.717) is 0 Å². The summed E-state index contributed by atoms with van der Waals surface area (Å²) >= 11 is 1.11. The number of esters is 1. The molecule has 1 amide bonds. The van der Waals surface area contributed by atoms with Crippen molar-refractivity contribution in [1.82, 2.24) is 5.32 Å². The molecule has 0 unspecified atom stereocenters. The molecule has 3 N–H and O–H groups in total. The number of aliphatic hydroxyl groups is 2. The summed E-state index contributed by atoms with van der Waals surface area (Å²) in [6.45, 7) is 4.33. The molecule has 1 aromatic carbocycles. The summed E-state index contributed by atoms with van der Waals surface area (Å²) in [5, 5.41) is 23.6. The molecule has 2 aliphatic rings. The number of methoxy groups -OCH3 is 1. The molecule has 31 heavy (non-hydrogen) atoms. The van der Waals surface area contributed by atoms with Gasteiger partial charge < -0.3 is 34.5 Å². The Bertz CT molecular complexity index is 791. The van der Waals surface area contributed by atoms with Crippen molar-refractivity contribution in [3.8, 4) is 0 Å². The fraction of sp³-hybridized carbons (Fsp3) is 0.619. The normalized spacial score (nSPS) is 34.8. The van der Waals surface area contributed by atoms with Gasteiger partial charge in [0, 0.05) is 18.2 Å². The zero-order valence-corrected chi connectivity index (χ0v) is 18.8. The summed E-state index contributed by atoms with van der Waals surface area (Å²) in [5.41, 5.74) is 0. The lowest BCUT2D eigenvalue weighted by atomic mass is 9.89. The van der Waals surface area contributed by atoms with Crippen LogP contribution in [0.1, 0.15) is 27.2 Å². The molecule has 0 spiro atoms. The van der Waals surface area contributed by atoms with E-state index in [1.807, 2.05) is 30.3 Å². The van der Waals surface area contributed by atoms with Crippen LogP contribution < -0.4 is 5.32 Å². The van der Waals surface area contributed by atoms with E-state index in [1.165, 1.54) is 14.0 Å². The Morgan fingerprint density at radius 1 is 1.19 bits per heavy atom. The SMILES string of the molecule is COC(=O)[C@@]1(Sc2ccccc2)C[C@H](O)[C@@H](NC(C)=O)[C@H]([C@@H]2OC(C)(C)O[C@H]2CO)O1. The maximum atomic E-state index is 12.9. The van der Waals surface area contributed by atoms with Crippen LogP contribution >= 0.6 is 11.8 Å². The quantitative estimate of drug-likeness (QED) is 0.535. The van der Waals surface area contributed by atoms with Crippen molar-refractivity contribution in [2.24, 2.45) is 0 Å². The third-order valence-corrected chi connectivity index (χ3v) is 6.46. The largest absolute Gasteiger partial charge is 0.466 e. The minimum Gasteiger partial charge on any atom is -0.466 e. The van der Waals surface area contributed by atoms with Gasteiger partial charge in [0.05, 0.1) is 25.9 Å². The molecule has 2 saturated heterocycles. The number of rotatable bonds is 6. The van der Waals surface area contributed by atoms with Crippen LogP contribution in [0.25, 0.3) is 0 Å². The van der Waals surface area contributed by atoms with Crippen LogP contribution in [0.5, 0.6) is 0 Å². The molecule has 2 heterocycles. The minimum absolute atomic E-state index is 0.124. The molecule has 9 nitrogen and oxygen atoms in total. The maximum Gasteiger partial charge on any atom is 0.349 e. The molecule has 0 aromatic heterocycles. The number of hydrogen-bond acceptors (Lipinski definition) is 9. The summed E-state index contributed by atoms with van der Waals surface area (Å²) in [4.78, 5) is 23.9. The van der Waals surface area contributed by atoms with E-state index in [2.05, 4.69) is 5.32 Å². The second-order valence-electron chi connectivity index (χ2n) is 8.06. The van der Waals surface area contributed by atoms with Crippen molar-refractivity contribution in [2.75, 3.05) is 13.7 Å². The standard InChI is InChI=1S/C21H29NO8S/c1-12(24)22-16-14(25)10-21(19(26)27-4,31-13-8-6-5-7-9-13)30-18(16)17-15(11-23)28-20(2,3)29-17/h5-9,14-18,23,25H,10-11H2,1-4H3,(H,22,24)/t14-,15-,16+,17+,18+,21-/m0/s1. The monoisotopic (exact) mass is 455 g/mol. The van der Waals surface area contributed by atoms with E-state index in [4.69, 9.17) is 18.9 Å². The highest BCUT2D eigenvalue weighted by Gasteiger charge is 2.58. The number of nitrogens with one attached hydrogen (secondary N) is 1. The number of hydrogen-bond donors (Lipinski definition) is 3. The molecule has 1 aromatic rings. The first-order valence-electron chi connectivity index (χ1n) is 10.0. The molecule has 0 bridgehead atoms. The van der Waals surface area contributed by atoms with Crippen molar-refractivity contribution >= 4 is 23.6 Å². The van der Waals surface area contributed by atoms with Gasteiger partial charge in [-0.3, -0.25) is 4.79 Å². The molecule has 6 atom stereocenters. The van der Waals surface area contributed by atoms with Crippen LogP contribution in [0.3, 0.4) is 0 Å². The van der Waals surface area contributed by atoms with Gasteiger partial charge >= 0.3 is 5.97 Å². The Hall–Kier alpha value is -1.69. The summed E-state index contributed by atoms with van der Waals surface area (Å²) in [5.74, 6) is -2.08. The Labute approximate surface area is 185 Å². The average Bonchev–Trinajstić information content (AvgIpc) is 3.04. The van der Waals surface area contributed by atoms with Gasteiger partial charge in [-0.25, -0.2) is 4.79 Å². The van der Waals surface area contributed by atoms with E-state index in [9.17, 15) is 19.8 Å². The molecule has 0 aliphatic carbocycles. The van der Waals surface area contributed by atoms with Gasteiger partial charge in [-0.1, -0.05) is 30.0 Å². The summed E-state index contributed by atoms with van der Waals surface area (Å²) < 4.78 is 23.1. The first kappa shape index (κ1) is 24.0. The molecule has 2 aliphatic heterocycles. The zero-order valence-electron chi connectivity index (χ0n) is 17.9. The molecule has 0 radical (unpaired) electrons. The molecular weight excluding hydrogens is 426 g/mol. The molecule has 10 heteroatoms. The number of amides is 1. The number of aliphatic hydroxyl groups excluding tert-OH is 2. The van der Waals surface area contributed by atoms with Crippen molar-refractivity contribution in [3.63, 3.8) is 0 Å². The topological polar surface area (TPSA) is 124 Å². The molecule has 172 valence electrons. The highest BCUT2D eigenvalue weighted by atomic mass is 32.2. The number of thioether (sulfide) groups is 1. The van der Waals surface area contributed by atoms with Gasteiger partial charge in [0.1, 0.15) is 18.3 Å². The fourth-order valence-corrected chi connectivity index (χ4v) is 5.26. The summed E-state index contributed by atoms with van der Waals surface area (Å²) in [7, 11) is 1.25. The van der Waals surface area contributed by atoms with Gasteiger partial charge in [0.15, 0.2) is 5.79 Å². The van der Waals surface area contributed by atoms with Crippen molar-refractivity contribution < 1.29 is 38.7 Å². The fourth-order valence-electron chi connectivity index (χ4n) is 4.00. The van der Waals surface area contributed by atoms with Crippen LogP contribution in [0.2, 0.25) is 0 Å². The molecule has 2 fully saturated rings. The second kappa shape index (κ2) is 9.43. The smallest absolute Gasteiger partial charge is 0.349 e. The van der Waals surface area contributed by atoms with Crippen LogP contribution in [0.4, 0.5) is 0 Å².